The summed E-state index contributed by atoms with van der Waals surface area (Å²) in [5.74, 6) is 1.37. The Balaban J connectivity index is 1.92. The molecule has 0 bridgehead atoms. The van der Waals surface area contributed by atoms with Crippen LogP contribution in [0.5, 0.6) is 11.5 Å². The van der Waals surface area contributed by atoms with Gasteiger partial charge in [0.25, 0.3) is 0 Å². The van der Waals surface area contributed by atoms with Crippen LogP contribution in [0.15, 0.2) is 40.9 Å². The molecule has 1 heterocycles. The molecule has 4 nitrogen and oxygen atoms in total. The third-order valence-corrected chi connectivity index (χ3v) is 4.82. The van der Waals surface area contributed by atoms with E-state index >= 15 is 0 Å². The van der Waals surface area contributed by atoms with Crippen molar-refractivity contribution in [1.82, 2.24) is 0 Å². The van der Waals surface area contributed by atoms with Gasteiger partial charge in [-0.25, -0.2) is 0 Å². The molecule has 1 atom stereocenters. The first kappa shape index (κ1) is 16.8. The molecule has 2 aromatic rings. The Kier molecular flexibility index (Phi) is 4.81. The normalized spacial score (nSPS) is 16.2. The third kappa shape index (κ3) is 3.00. The lowest BCUT2D eigenvalue weighted by Gasteiger charge is -2.14. The Bertz CT molecular complexity index is 775. The number of benzene rings is 2. The standard InChI is InChI=1S/C19H20BrNO3/c1-4-24-17-8-5-12(10-18(17)23-3)9-15-14-11-13(20)6-7-16(14)21(2)19(15)22/h5-8,10-11,15H,4,9H2,1-3H3. The molecule has 0 radical (unpaired) electrons. The molecule has 0 aliphatic carbocycles. The van der Waals surface area contributed by atoms with Crippen LogP contribution in [0.4, 0.5) is 5.69 Å². The first-order valence-electron chi connectivity index (χ1n) is 7.92. The first-order chi connectivity index (χ1) is 11.5. The predicted octanol–water partition coefficient (Wildman–Crippen LogP) is 4.16. The van der Waals surface area contributed by atoms with Crippen LogP contribution in [0.3, 0.4) is 0 Å². The van der Waals surface area contributed by atoms with Crippen LogP contribution in [-0.2, 0) is 11.2 Å². The summed E-state index contributed by atoms with van der Waals surface area (Å²) < 4.78 is 12.0. The Morgan fingerprint density at radius 1 is 1.17 bits per heavy atom. The lowest BCUT2D eigenvalue weighted by molar-refractivity contribution is -0.119. The quantitative estimate of drug-likeness (QED) is 0.770. The Hall–Kier alpha value is -2.01. The third-order valence-electron chi connectivity index (χ3n) is 4.32. The molecule has 0 N–H and O–H groups in total. The van der Waals surface area contributed by atoms with E-state index in [1.165, 1.54) is 0 Å². The monoisotopic (exact) mass is 389 g/mol. The second-order valence-corrected chi connectivity index (χ2v) is 6.69. The molecule has 0 fully saturated rings. The first-order valence-corrected chi connectivity index (χ1v) is 8.71. The fraction of sp³-hybridized carbons (Fsp3) is 0.316. The zero-order chi connectivity index (χ0) is 17.3. The largest absolute Gasteiger partial charge is 0.493 e. The van der Waals surface area contributed by atoms with E-state index in [2.05, 4.69) is 15.9 Å². The summed E-state index contributed by atoms with van der Waals surface area (Å²) in [5.41, 5.74) is 3.09. The minimum absolute atomic E-state index is 0.121. The minimum atomic E-state index is -0.176. The zero-order valence-corrected chi connectivity index (χ0v) is 15.6. The van der Waals surface area contributed by atoms with Crippen molar-refractivity contribution in [2.24, 2.45) is 0 Å². The molecule has 0 spiro atoms. The van der Waals surface area contributed by atoms with Crippen LogP contribution < -0.4 is 14.4 Å². The number of nitrogens with zero attached hydrogens (tertiary/aromatic N) is 1. The number of rotatable bonds is 5. The second-order valence-electron chi connectivity index (χ2n) is 5.78. The molecule has 1 aliphatic heterocycles. The van der Waals surface area contributed by atoms with Gasteiger partial charge in [0, 0.05) is 17.2 Å². The number of hydrogen-bond acceptors (Lipinski definition) is 3. The van der Waals surface area contributed by atoms with Crippen molar-refractivity contribution in [2.45, 2.75) is 19.3 Å². The highest BCUT2D eigenvalue weighted by Crippen LogP contribution is 2.40. The van der Waals surface area contributed by atoms with Gasteiger partial charge >= 0.3 is 0 Å². The highest BCUT2D eigenvalue weighted by atomic mass is 79.9. The summed E-state index contributed by atoms with van der Waals surface area (Å²) in [6.45, 7) is 2.53. The van der Waals surface area contributed by atoms with Gasteiger partial charge in [0.2, 0.25) is 5.91 Å². The van der Waals surface area contributed by atoms with Crippen LogP contribution >= 0.6 is 15.9 Å². The molecule has 1 unspecified atom stereocenters. The van der Waals surface area contributed by atoms with E-state index in [0.717, 1.165) is 27.0 Å². The van der Waals surface area contributed by atoms with Crippen LogP contribution in [0.2, 0.25) is 0 Å². The maximum absolute atomic E-state index is 12.7. The zero-order valence-electron chi connectivity index (χ0n) is 14.0. The van der Waals surface area contributed by atoms with Gasteiger partial charge in [-0.2, -0.15) is 0 Å². The van der Waals surface area contributed by atoms with Crippen molar-refractivity contribution in [3.63, 3.8) is 0 Å². The number of methoxy groups -OCH3 is 1. The summed E-state index contributed by atoms with van der Waals surface area (Å²) in [6, 6.07) is 11.8. The summed E-state index contributed by atoms with van der Waals surface area (Å²) >= 11 is 3.50. The van der Waals surface area contributed by atoms with Crippen LogP contribution in [0.25, 0.3) is 0 Å². The van der Waals surface area contributed by atoms with Gasteiger partial charge in [0.1, 0.15) is 0 Å². The molecule has 24 heavy (non-hydrogen) atoms. The van der Waals surface area contributed by atoms with Crippen molar-refractivity contribution in [2.75, 3.05) is 25.7 Å². The van der Waals surface area contributed by atoms with E-state index in [4.69, 9.17) is 9.47 Å². The topological polar surface area (TPSA) is 38.8 Å². The van der Waals surface area contributed by atoms with Gasteiger partial charge in [-0.1, -0.05) is 22.0 Å². The van der Waals surface area contributed by atoms with Crippen molar-refractivity contribution in [3.8, 4) is 11.5 Å². The van der Waals surface area contributed by atoms with E-state index in [9.17, 15) is 4.79 Å². The van der Waals surface area contributed by atoms with Crippen LogP contribution in [0.1, 0.15) is 24.0 Å². The number of halogens is 1. The van der Waals surface area contributed by atoms with E-state index < -0.39 is 0 Å². The van der Waals surface area contributed by atoms with Gasteiger partial charge in [-0.05, 0) is 54.8 Å². The van der Waals surface area contributed by atoms with Crippen LogP contribution in [0, 0.1) is 0 Å². The number of amides is 1. The van der Waals surface area contributed by atoms with Crippen molar-refractivity contribution in [3.05, 3.63) is 52.0 Å². The Labute approximate surface area is 150 Å². The molecule has 0 aromatic heterocycles. The Morgan fingerprint density at radius 3 is 2.67 bits per heavy atom. The number of fused-ring (bicyclic) bond motifs is 1. The number of ether oxygens (including phenoxy) is 2. The summed E-state index contributed by atoms with van der Waals surface area (Å²) in [4.78, 5) is 14.4. The fourth-order valence-electron chi connectivity index (χ4n) is 3.14. The van der Waals surface area contributed by atoms with E-state index in [1.54, 1.807) is 12.0 Å². The highest BCUT2D eigenvalue weighted by molar-refractivity contribution is 9.10. The lowest BCUT2D eigenvalue weighted by atomic mass is 9.93. The van der Waals surface area contributed by atoms with E-state index in [-0.39, 0.29) is 11.8 Å². The molecule has 3 rings (SSSR count). The number of carbonyl (C=O) groups excluding carboxylic acids is 1. The molecule has 0 saturated heterocycles. The molecule has 0 saturated carbocycles. The van der Waals surface area contributed by atoms with Gasteiger partial charge in [0.15, 0.2) is 11.5 Å². The minimum Gasteiger partial charge on any atom is -0.493 e. The van der Waals surface area contributed by atoms with E-state index in [1.807, 2.05) is 50.4 Å². The predicted molar refractivity (Wildman–Crippen MR) is 98.2 cm³/mol. The molecule has 2 aromatic carbocycles. The van der Waals surface area contributed by atoms with Gasteiger partial charge in [-0.15, -0.1) is 0 Å². The number of carbonyl (C=O) groups is 1. The lowest BCUT2D eigenvalue weighted by Crippen LogP contribution is -2.24. The molecule has 126 valence electrons. The maximum atomic E-state index is 12.7. The molecular weight excluding hydrogens is 370 g/mol. The molecule has 1 aliphatic rings. The average Bonchev–Trinajstić information content (AvgIpc) is 2.81. The summed E-state index contributed by atoms with van der Waals surface area (Å²) in [6.07, 6.45) is 0.634. The number of hydrogen-bond donors (Lipinski definition) is 0. The maximum Gasteiger partial charge on any atom is 0.234 e. The van der Waals surface area contributed by atoms with Crippen LogP contribution in [-0.4, -0.2) is 26.7 Å². The number of likely N-dealkylation sites (N-methyl/N-ethyl adjacent to an activating group) is 1. The van der Waals surface area contributed by atoms with Gasteiger partial charge in [0.05, 0.1) is 19.6 Å². The molecule has 1 amide bonds. The number of anilines is 1. The fourth-order valence-corrected chi connectivity index (χ4v) is 3.52. The van der Waals surface area contributed by atoms with Gasteiger partial charge < -0.3 is 14.4 Å². The smallest absolute Gasteiger partial charge is 0.234 e. The molecule has 5 heteroatoms. The highest BCUT2D eigenvalue weighted by Gasteiger charge is 2.35. The summed E-state index contributed by atoms with van der Waals surface area (Å²) in [5, 5.41) is 0. The summed E-state index contributed by atoms with van der Waals surface area (Å²) in [7, 11) is 3.45. The Morgan fingerprint density at radius 2 is 1.96 bits per heavy atom. The average molecular weight is 390 g/mol. The SMILES string of the molecule is CCOc1ccc(CC2C(=O)N(C)c3ccc(Br)cc32)cc1OC. The van der Waals surface area contributed by atoms with Gasteiger partial charge in [-0.3, -0.25) is 4.79 Å². The van der Waals surface area contributed by atoms with Crippen molar-refractivity contribution >= 4 is 27.5 Å². The second kappa shape index (κ2) is 6.85. The van der Waals surface area contributed by atoms with Crippen molar-refractivity contribution < 1.29 is 14.3 Å². The van der Waals surface area contributed by atoms with E-state index in [0.29, 0.717) is 18.8 Å². The molecular formula is C19H20BrNO3. The van der Waals surface area contributed by atoms with Crippen molar-refractivity contribution in [1.29, 1.82) is 0 Å².